The Bertz CT molecular complexity index is 867. The summed E-state index contributed by atoms with van der Waals surface area (Å²) in [7, 11) is 0. The Morgan fingerprint density at radius 2 is 0.867 bits per heavy atom. The monoisotopic (exact) mass is 668 g/mol. The van der Waals surface area contributed by atoms with Crippen LogP contribution in [-0.2, 0) is 28.4 Å². The number of rotatable bonds is 14. The van der Waals surface area contributed by atoms with Crippen LogP contribution in [0.3, 0.4) is 0 Å². The van der Waals surface area contributed by atoms with Gasteiger partial charge in [0.15, 0.2) is 18.9 Å². The van der Waals surface area contributed by atoms with E-state index in [2.05, 4.69) is 0 Å². The topological polar surface area (TPSA) is 359 Å². The molecule has 0 aromatic rings. The quantitative estimate of drug-likeness (QED) is 0.0816. The van der Waals surface area contributed by atoms with Gasteiger partial charge in [0.05, 0.1) is 33.0 Å². The van der Waals surface area contributed by atoms with E-state index >= 15 is 0 Å². The average molecular weight is 669 g/mol. The molecule has 45 heavy (non-hydrogen) atoms. The van der Waals surface area contributed by atoms with E-state index in [-0.39, 0.29) is 0 Å². The van der Waals surface area contributed by atoms with E-state index in [9.17, 15) is 71.5 Å². The molecule has 19 atom stereocenters. The van der Waals surface area contributed by atoms with E-state index in [1.165, 1.54) is 0 Å². The van der Waals surface area contributed by atoms with Crippen molar-refractivity contribution in [2.45, 2.75) is 117 Å². The van der Waals surface area contributed by atoms with Gasteiger partial charge in [-0.15, -0.1) is 0 Å². The van der Waals surface area contributed by atoms with Gasteiger partial charge in [-0.3, -0.25) is 0 Å². The van der Waals surface area contributed by atoms with Crippen LogP contribution in [0.4, 0.5) is 0 Å². The van der Waals surface area contributed by atoms with Crippen LogP contribution in [0, 0.1) is 0 Å². The molecule has 0 radical (unpaired) electrons. The third-order valence-corrected chi connectivity index (χ3v) is 7.85. The van der Waals surface area contributed by atoms with Gasteiger partial charge in [-0.2, -0.15) is 0 Å². The molecular formula is C24H44O21. The first-order valence-electron chi connectivity index (χ1n) is 14.0. The van der Waals surface area contributed by atoms with E-state index in [1.54, 1.807) is 0 Å². The standard InChI is InChI=1S/C24H44O21/c25-1-6(30)11(32)19(7(31)2-26)43-23-17(38)14(35)21(9(4-28)41-23)45-24-18(39)15(36)20(10(5-29)42-24)44-22-16(37)13(34)12(33)8(3-27)40-22/h6-39H,1-5H2/t6-,7+,8+,9+,10+,11-,12+,13-,14+,15+,16+,17+,18+,19+,20+,21+,22+,23+,24+/m0/s1. The van der Waals surface area contributed by atoms with Crippen LogP contribution in [-0.4, -0.2) is 226 Å². The molecule has 3 rings (SSSR count). The van der Waals surface area contributed by atoms with Crippen LogP contribution < -0.4 is 0 Å². The summed E-state index contributed by atoms with van der Waals surface area (Å²) < 4.78 is 32.4. The molecule has 15 N–H and O–H groups in total. The minimum Gasteiger partial charge on any atom is -0.394 e. The molecule has 3 fully saturated rings. The van der Waals surface area contributed by atoms with Crippen molar-refractivity contribution < 1.29 is 105 Å². The largest absolute Gasteiger partial charge is 0.394 e. The first kappa shape index (κ1) is 38.6. The highest BCUT2D eigenvalue weighted by Gasteiger charge is 2.54. The van der Waals surface area contributed by atoms with Crippen LogP contribution in [0.5, 0.6) is 0 Å². The van der Waals surface area contributed by atoms with E-state index in [0.29, 0.717) is 0 Å². The highest BCUT2D eigenvalue weighted by molar-refractivity contribution is 4.97. The Labute approximate surface area is 255 Å². The second kappa shape index (κ2) is 17.0. The Hall–Kier alpha value is -0.840. The first-order valence-corrected chi connectivity index (χ1v) is 14.0. The Balaban J connectivity index is 1.72. The first-order chi connectivity index (χ1) is 21.2. The van der Waals surface area contributed by atoms with E-state index in [4.69, 9.17) is 33.5 Å². The van der Waals surface area contributed by atoms with Crippen LogP contribution in [0.25, 0.3) is 0 Å². The van der Waals surface area contributed by atoms with Gasteiger partial charge in [0.25, 0.3) is 0 Å². The molecule has 0 saturated carbocycles. The smallest absolute Gasteiger partial charge is 0.187 e. The fourth-order valence-corrected chi connectivity index (χ4v) is 5.14. The number of aliphatic hydroxyl groups excluding tert-OH is 15. The summed E-state index contributed by atoms with van der Waals surface area (Å²) >= 11 is 0. The summed E-state index contributed by atoms with van der Waals surface area (Å²) in [6.07, 6.45) is -34.8. The van der Waals surface area contributed by atoms with Crippen molar-refractivity contribution in [2.24, 2.45) is 0 Å². The summed E-state index contributed by atoms with van der Waals surface area (Å²) in [6, 6.07) is 0. The summed E-state index contributed by atoms with van der Waals surface area (Å²) in [4.78, 5) is 0. The predicted molar refractivity (Wildman–Crippen MR) is 136 cm³/mol. The van der Waals surface area contributed by atoms with Gasteiger partial charge >= 0.3 is 0 Å². The van der Waals surface area contributed by atoms with Crippen molar-refractivity contribution >= 4 is 0 Å². The molecule has 0 aromatic carbocycles. The Kier molecular flexibility index (Phi) is 14.6. The highest BCUT2D eigenvalue weighted by Crippen LogP contribution is 2.33. The van der Waals surface area contributed by atoms with Crippen molar-refractivity contribution in [1.82, 2.24) is 0 Å². The van der Waals surface area contributed by atoms with Gasteiger partial charge in [-0.1, -0.05) is 0 Å². The van der Waals surface area contributed by atoms with Crippen LogP contribution in [0.1, 0.15) is 0 Å². The van der Waals surface area contributed by atoms with Gasteiger partial charge in [-0.05, 0) is 0 Å². The lowest BCUT2D eigenvalue weighted by Crippen LogP contribution is -2.67. The summed E-state index contributed by atoms with van der Waals surface area (Å²) in [5.74, 6) is 0. The number of ether oxygens (including phenoxy) is 6. The highest BCUT2D eigenvalue weighted by atomic mass is 16.8. The van der Waals surface area contributed by atoms with E-state index in [0.717, 1.165) is 0 Å². The molecule has 0 bridgehead atoms. The maximum Gasteiger partial charge on any atom is 0.187 e. The van der Waals surface area contributed by atoms with Gasteiger partial charge in [0, 0.05) is 0 Å². The lowest BCUT2D eigenvalue weighted by atomic mass is 9.96. The zero-order valence-corrected chi connectivity index (χ0v) is 23.7. The second-order valence-electron chi connectivity index (χ2n) is 10.9. The van der Waals surface area contributed by atoms with Crippen molar-refractivity contribution in [3.63, 3.8) is 0 Å². The maximum absolute atomic E-state index is 10.8. The lowest BCUT2D eigenvalue weighted by molar-refractivity contribution is -0.383. The summed E-state index contributed by atoms with van der Waals surface area (Å²) in [6.45, 7) is -4.63. The molecule has 3 aliphatic heterocycles. The second-order valence-corrected chi connectivity index (χ2v) is 10.9. The average Bonchev–Trinajstić information content (AvgIpc) is 3.04. The normalized spacial score (nSPS) is 45.5. The molecule has 3 saturated heterocycles. The molecule has 21 heteroatoms. The van der Waals surface area contributed by atoms with Crippen LogP contribution >= 0.6 is 0 Å². The molecule has 3 heterocycles. The van der Waals surface area contributed by atoms with Crippen LogP contribution in [0.15, 0.2) is 0 Å². The fourth-order valence-electron chi connectivity index (χ4n) is 5.14. The van der Waals surface area contributed by atoms with Gasteiger partial charge < -0.3 is 105 Å². The minimum atomic E-state index is -2.08. The molecule has 0 unspecified atom stereocenters. The Morgan fingerprint density at radius 1 is 0.467 bits per heavy atom. The van der Waals surface area contributed by atoms with Crippen molar-refractivity contribution in [3.8, 4) is 0 Å². The zero-order valence-electron chi connectivity index (χ0n) is 23.7. The van der Waals surface area contributed by atoms with E-state index in [1.807, 2.05) is 0 Å². The zero-order chi connectivity index (χ0) is 33.7. The fraction of sp³-hybridized carbons (Fsp3) is 1.00. The molecule has 0 aromatic heterocycles. The Morgan fingerprint density at radius 3 is 1.31 bits per heavy atom. The third kappa shape index (κ3) is 8.43. The lowest BCUT2D eigenvalue weighted by Gasteiger charge is -2.48. The van der Waals surface area contributed by atoms with Gasteiger partial charge in [0.1, 0.15) is 97.7 Å². The molecule has 21 nitrogen and oxygen atoms in total. The van der Waals surface area contributed by atoms with Crippen molar-refractivity contribution in [2.75, 3.05) is 33.0 Å². The molecule has 0 aliphatic carbocycles. The van der Waals surface area contributed by atoms with Crippen molar-refractivity contribution in [1.29, 1.82) is 0 Å². The predicted octanol–water partition coefficient (Wildman–Crippen LogP) is -10.1. The molecule has 266 valence electrons. The SMILES string of the molecule is OC[C@@H](O)[C@@H](O[C@H]1O[C@H](CO)[C@@H](O[C@H]2O[C@H](CO)[C@@H](O[C@H]3O[C@H](CO)[C@@H](O)[C@H](O)[C@H]3O)[C@H](O)[C@H]2O)[C@H](O)[C@H]1O)[C@@H](O)[C@@H](O)CO. The molecular weight excluding hydrogens is 624 g/mol. The number of hydrogen-bond donors (Lipinski definition) is 15. The summed E-state index contributed by atoms with van der Waals surface area (Å²) in [5, 5.41) is 151. The molecule has 0 amide bonds. The van der Waals surface area contributed by atoms with Crippen molar-refractivity contribution in [3.05, 3.63) is 0 Å². The van der Waals surface area contributed by atoms with E-state index < -0.39 is 150 Å². The number of hydrogen-bond acceptors (Lipinski definition) is 21. The number of aliphatic hydroxyl groups is 15. The van der Waals surface area contributed by atoms with Gasteiger partial charge in [0.2, 0.25) is 0 Å². The molecule has 0 spiro atoms. The summed E-state index contributed by atoms with van der Waals surface area (Å²) in [5.41, 5.74) is 0. The van der Waals surface area contributed by atoms with Crippen LogP contribution in [0.2, 0.25) is 0 Å². The van der Waals surface area contributed by atoms with Gasteiger partial charge in [-0.25, -0.2) is 0 Å². The maximum atomic E-state index is 10.8. The third-order valence-electron chi connectivity index (χ3n) is 7.85. The minimum absolute atomic E-state index is 0.792. The molecule has 3 aliphatic rings.